The molecule has 15 heavy (non-hydrogen) atoms. The third-order valence-corrected chi connectivity index (χ3v) is 2.67. The van der Waals surface area contributed by atoms with Crippen molar-refractivity contribution in [3.05, 3.63) is 28.4 Å². The molecule has 2 heterocycles. The normalized spacial score (nSPS) is 11.6. The molecule has 2 aromatic rings. The summed E-state index contributed by atoms with van der Waals surface area (Å²) in [7, 11) is 0. The van der Waals surface area contributed by atoms with Gasteiger partial charge in [-0.3, -0.25) is 0 Å². The lowest BCUT2D eigenvalue weighted by molar-refractivity contribution is 0.626. The highest BCUT2D eigenvalue weighted by molar-refractivity contribution is 6.30. The molecule has 0 aliphatic carbocycles. The highest BCUT2D eigenvalue weighted by Gasteiger charge is 2.14. The first-order valence-corrected chi connectivity index (χ1v) is 5.09. The molecular weight excluding hydrogens is 217 g/mol. The van der Waals surface area contributed by atoms with E-state index in [1.807, 2.05) is 13.8 Å². The zero-order valence-corrected chi connectivity index (χ0v) is 9.51. The van der Waals surface area contributed by atoms with Gasteiger partial charge in [-0.05, 0) is 18.6 Å². The number of hydrogen-bond donors (Lipinski definition) is 0. The molecule has 0 unspecified atom stereocenters. The highest BCUT2D eigenvalue weighted by atomic mass is 35.5. The van der Waals surface area contributed by atoms with Crippen molar-refractivity contribution in [3.63, 3.8) is 0 Å². The van der Waals surface area contributed by atoms with Gasteiger partial charge in [0.05, 0.1) is 0 Å². The monoisotopic (exact) mass is 227 g/mol. The van der Waals surface area contributed by atoms with E-state index >= 15 is 0 Å². The van der Waals surface area contributed by atoms with Gasteiger partial charge in [0.2, 0.25) is 0 Å². The van der Waals surface area contributed by atoms with Gasteiger partial charge < -0.3 is 0 Å². The van der Waals surface area contributed by atoms with Crippen molar-refractivity contribution in [1.82, 2.24) is 14.6 Å². The predicted octanol–water partition coefficient (Wildman–Crippen LogP) is 2.95. The number of hydrogen-bond acceptors (Lipinski definition) is 2. The lowest BCUT2D eigenvalue weighted by atomic mass is 10.2. The van der Waals surface area contributed by atoms with Crippen molar-refractivity contribution in [2.24, 2.45) is 0 Å². The molecule has 0 aliphatic heterocycles. The molecule has 0 fully saturated rings. The van der Waals surface area contributed by atoms with Crippen LogP contribution >= 0.6 is 11.6 Å². The van der Waals surface area contributed by atoms with Gasteiger partial charge in [-0.2, -0.15) is 4.52 Å². The predicted molar refractivity (Wildman–Crippen MR) is 56.8 cm³/mol. The van der Waals surface area contributed by atoms with Crippen molar-refractivity contribution in [3.8, 4) is 0 Å². The maximum absolute atomic E-state index is 13.5. The van der Waals surface area contributed by atoms with Crippen LogP contribution in [0, 0.1) is 12.7 Å². The van der Waals surface area contributed by atoms with Crippen molar-refractivity contribution in [1.29, 1.82) is 0 Å². The molecule has 0 radical (unpaired) electrons. The minimum Gasteiger partial charge on any atom is -0.209 e. The highest BCUT2D eigenvalue weighted by Crippen LogP contribution is 2.21. The fourth-order valence-electron chi connectivity index (χ4n) is 1.35. The minimum atomic E-state index is -0.392. The summed E-state index contributed by atoms with van der Waals surface area (Å²) >= 11 is 6.01. The summed E-state index contributed by atoms with van der Waals surface area (Å²) in [6, 6.07) is 1.37. The van der Waals surface area contributed by atoms with Gasteiger partial charge in [0, 0.05) is 5.92 Å². The van der Waals surface area contributed by atoms with Gasteiger partial charge in [0.15, 0.2) is 17.3 Å². The molecule has 0 aromatic carbocycles. The maximum Gasteiger partial charge on any atom is 0.193 e. The van der Waals surface area contributed by atoms with Crippen LogP contribution in [0.1, 0.15) is 31.2 Å². The summed E-state index contributed by atoms with van der Waals surface area (Å²) < 4.78 is 14.9. The van der Waals surface area contributed by atoms with Crippen molar-refractivity contribution >= 4 is 17.2 Å². The first-order chi connectivity index (χ1) is 7.00. The topological polar surface area (TPSA) is 30.2 Å². The maximum atomic E-state index is 13.5. The van der Waals surface area contributed by atoms with E-state index in [0.717, 1.165) is 0 Å². The molecule has 0 amide bonds. The van der Waals surface area contributed by atoms with Gasteiger partial charge in [-0.25, -0.2) is 9.37 Å². The molecule has 0 aliphatic rings. The van der Waals surface area contributed by atoms with Gasteiger partial charge in [-0.15, -0.1) is 5.10 Å². The van der Waals surface area contributed by atoms with E-state index in [9.17, 15) is 4.39 Å². The molecule has 0 atom stereocenters. The molecule has 0 spiro atoms. The third kappa shape index (κ3) is 1.59. The molecule has 2 aromatic heterocycles. The molecule has 5 heteroatoms. The smallest absolute Gasteiger partial charge is 0.193 e. The zero-order valence-electron chi connectivity index (χ0n) is 8.75. The summed E-state index contributed by atoms with van der Waals surface area (Å²) in [6.45, 7) is 5.64. The first kappa shape index (κ1) is 10.4. The molecule has 0 N–H and O–H groups in total. The number of aryl methyl sites for hydroxylation is 1. The van der Waals surface area contributed by atoms with Gasteiger partial charge in [-0.1, -0.05) is 25.4 Å². The van der Waals surface area contributed by atoms with Crippen LogP contribution in [0.25, 0.3) is 5.65 Å². The van der Waals surface area contributed by atoms with Crippen LogP contribution in [0.2, 0.25) is 5.15 Å². The van der Waals surface area contributed by atoms with E-state index in [0.29, 0.717) is 16.5 Å². The van der Waals surface area contributed by atoms with Gasteiger partial charge in [0.1, 0.15) is 5.15 Å². The van der Waals surface area contributed by atoms with Crippen molar-refractivity contribution < 1.29 is 4.39 Å². The van der Waals surface area contributed by atoms with Crippen LogP contribution < -0.4 is 0 Å². The molecule has 0 bridgehead atoms. The molecule has 0 saturated carbocycles. The Labute approximate surface area is 91.9 Å². The number of nitrogens with zero attached hydrogens (tertiary/aromatic N) is 3. The number of rotatable bonds is 1. The number of pyridine rings is 1. The third-order valence-electron chi connectivity index (χ3n) is 2.21. The quantitative estimate of drug-likeness (QED) is 0.702. The Balaban J connectivity index is 2.80. The summed E-state index contributed by atoms with van der Waals surface area (Å²) in [4.78, 5) is 4.11. The van der Waals surface area contributed by atoms with Crippen molar-refractivity contribution in [2.75, 3.05) is 0 Å². The Morgan fingerprint density at radius 1 is 1.47 bits per heavy atom. The standard InChI is InChI=1S/C10H11ClFN3/c1-5(2)9-13-10-7(12)4-6(3)8(11)15(10)14-9/h4-5H,1-3H3. The van der Waals surface area contributed by atoms with Crippen LogP contribution in [-0.4, -0.2) is 14.6 Å². The van der Waals surface area contributed by atoms with Crippen LogP contribution in [-0.2, 0) is 0 Å². The Kier molecular flexibility index (Phi) is 2.38. The van der Waals surface area contributed by atoms with Gasteiger partial charge in [0.25, 0.3) is 0 Å². The van der Waals surface area contributed by atoms with Gasteiger partial charge >= 0.3 is 0 Å². The Bertz CT molecular complexity index is 519. The van der Waals surface area contributed by atoms with E-state index in [2.05, 4.69) is 10.1 Å². The van der Waals surface area contributed by atoms with E-state index < -0.39 is 5.82 Å². The number of halogens is 2. The average molecular weight is 228 g/mol. The van der Waals surface area contributed by atoms with E-state index in [4.69, 9.17) is 11.6 Å². The summed E-state index contributed by atoms with van der Waals surface area (Å²) in [6.07, 6.45) is 0. The lowest BCUT2D eigenvalue weighted by Gasteiger charge is -2.00. The summed E-state index contributed by atoms with van der Waals surface area (Å²) in [5.74, 6) is 0.360. The Hall–Kier alpha value is -1.16. The Morgan fingerprint density at radius 3 is 2.73 bits per heavy atom. The van der Waals surface area contributed by atoms with E-state index in [-0.39, 0.29) is 11.6 Å². The van der Waals surface area contributed by atoms with Crippen molar-refractivity contribution in [2.45, 2.75) is 26.7 Å². The molecule has 3 nitrogen and oxygen atoms in total. The number of fused-ring (bicyclic) bond motifs is 1. The lowest BCUT2D eigenvalue weighted by Crippen LogP contribution is -1.96. The molecular formula is C10H11ClFN3. The second-order valence-corrected chi connectivity index (χ2v) is 4.18. The summed E-state index contributed by atoms with van der Waals surface area (Å²) in [5.41, 5.74) is 0.844. The largest absolute Gasteiger partial charge is 0.209 e. The second-order valence-electron chi connectivity index (χ2n) is 3.83. The fraction of sp³-hybridized carbons (Fsp3) is 0.400. The second kappa shape index (κ2) is 3.45. The first-order valence-electron chi connectivity index (χ1n) is 4.72. The van der Waals surface area contributed by atoms with E-state index in [1.165, 1.54) is 10.6 Å². The van der Waals surface area contributed by atoms with Crippen LogP contribution in [0.5, 0.6) is 0 Å². The molecule has 0 saturated heterocycles. The molecule has 2 rings (SSSR count). The molecule has 80 valence electrons. The number of aromatic nitrogens is 3. The zero-order chi connectivity index (χ0) is 11.2. The minimum absolute atomic E-state index is 0.153. The average Bonchev–Trinajstić information content (AvgIpc) is 2.59. The fourth-order valence-corrected chi connectivity index (χ4v) is 1.52. The Morgan fingerprint density at radius 2 is 2.13 bits per heavy atom. The SMILES string of the molecule is Cc1cc(F)c2nc(C(C)C)nn2c1Cl. The summed E-state index contributed by atoms with van der Waals surface area (Å²) in [5, 5.41) is 4.58. The van der Waals surface area contributed by atoms with Crippen LogP contribution in [0.15, 0.2) is 6.07 Å². The van der Waals surface area contributed by atoms with E-state index in [1.54, 1.807) is 6.92 Å². The van der Waals surface area contributed by atoms with Crippen LogP contribution in [0.4, 0.5) is 4.39 Å². The van der Waals surface area contributed by atoms with Crippen LogP contribution in [0.3, 0.4) is 0 Å².